The van der Waals surface area contributed by atoms with Crippen molar-refractivity contribution in [3.05, 3.63) is 29.8 Å². The van der Waals surface area contributed by atoms with Gasteiger partial charge < -0.3 is 5.32 Å². The summed E-state index contributed by atoms with van der Waals surface area (Å²) in [5.74, 6) is 1.78. The van der Waals surface area contributed by atoms with Gasteiger partial charge in [-0.25, -0.2) is 0 Å². The Labute approximate surface area is 122 Å². The van der Waals surface area contributed by atoms with Crippen molar-refractivity contribution in [3.63, 3.8) is 0 Å². The van der Waals surface area contributed by atoms with E-state index in [1.807, 2.05) is 11.8 Å². The van der Waals surface area contributed by atoms with Crippen LogP contribution in [0.5, 0.6) is 0 Å². The van der Waals surface area contributed by atoms with Crippen LogP contribution < -0.4 is 5.32 Å². The first-order valence-corrected chi connectivity index (χ1v) is 8.82. The van der Waals surface area contributed by atoms with Gasteiger partial charge in [-0.2, -0.15) is 0 Å². The highest BCUT2D eigenvalue weighted by Gasteiger charge is 2.28. The average Bonchev–Trinajstić information content (AvgIpc) is 2.49. The molecule has 19 heavy (non-hydrogen) atoms. The summed E-state index contributed by atoms with van der Waals surface area (Å²) < 4.78 is 0. The van der Waals surface area contributed by atoms with E-state index in [1.165, 1.54) is 42.6 Å². The van der Waals surface area contributed by atoms with Gasteiger partial charge in [0, 0.05) is 10.9 Å². The fourth-order valence-corrected chi connectivity index (χ4v) is 4.14. The second-order valence-electron chi connectivity index (χ2n) is 5.70. The van der Waals surface area contributed by atoms with Gasteiger partial charge in [0.15, 0.2) is 0 Å². The molecule has 106 valence electrons. The molecule has 0 aromatic heterocycles. The van der Waals surface area contributed by atoms with Crippen LogP contribution in [0.15, 0.2) is 29.2 Å². The van der Waals surface area contributed by atoms with Crippen LogP contribution >= 0.6 is 11.8 Å². The molecule has 0 spiro atoms. The molecule has 2 heteroatoms. The molecule has 1 aliphatic rings. The number of benzene rings is 1. The minimum absolute atomic E-state index is 0.529. The van der Waals surface area contributed by atoms with Gasteiger partial charge in [-0.3, -0.25) is 0 Å². The Morgan fingerprint density at radius 1 is 1.21 bits per heavy atom. The van der Waals surface area contributed by atoms with Crippen LogP contribution in [-0.4, -0.2) is 13.3 Å². The lowest BCUT2D eigenvalue weighted by molar-refractivity contribution is 0.223. The summed E-state index contributed by atoms with van der Waals surface area (Å²) in [7, 11) is 2.12. The largest absolute Gasteiger partial charge is 0.313 e. The summed E-state index contributed by atoms with van der Waals surface area (Å²) in [6.07, 6.45) is 9.14. The molecular weight excluding hydrogens is 250 g/mol. The lowest BCUT2D eigenvalue weighted by atomic mass is 9.76. The number of thioether (sulfide) groups is 1. The maximum atomic E-state index is 3.58. The molecule has 0 heterocycles. The van der Waals surface area contributed by atoms with Gasteiger partial charge in [-0.05, 0) is 49.6 Å². The predicted molar refractivity (Wildman–Crippen MR) is 85.8 cm³/mol. The van der Waals surface area contributed by atoms with Gasteiger partial charge in [-0.1, -0.05) is 44.4 Å². The summed E-state index contributed by atoms with van der Waals surface area (Å²) in [6.45, 7) is 2.34. The molecule has 0 radical (unpaired) electrons. The normalized spacial score (nSPS) is 25.2. The van der Waals surface area contributed by atoms with Crippen molar-refractivity contribution in [3.8, 4) is 0 Å². The van der Waals surface area contributed by atoms with Crippen LogP contribution in [0, 0.1) is 11.8 Å². The smallest absolute Gasteiger partial charge is 0.0357 e. The molecule has 0 bridgehead atoms. The Kier molecular flexibility index (Phi) is 5.77. The standard InChI is InChI=1S/C17H27NS/c1-4-13-9-11-14(12-10-13)17(18-2)15-7-5-6-8-16(15)19-3/h5-8,13-14,17-18H,4,9-12H2,1-3H3. The first-order valence-electron chi connectivity index (χ1n) is 7.60. The van der Waals surface area contributed by atoms with Crippen molar-refractivity contribution in [2.75, 3.05) is 13.3 Å². The molecule has 0 aliphatic heterocycles. The van der Waals surface area contributed by atoms with Gasteiger partial charge in [0.1, 0.15) is 0 Å². The zero-order chi connectivity index (χ0) is 13.7. The monoisotopic (exact) mass is 277 g/mol. The van der Waals surface area contributed by atoms with Crippen molar-refractivity contribution in [2.45, 2.75) is 50.0 Å². The zero-order valence-corrected chi connectivity index (χ0v) is 13.3. The van der Waals surface area contributed by atoms with Gasteiger partial charge in [-0.15, -0.1) is 11.8 Å². The van der Waals surface area contributed by atoms with Crippen molar-refractivity contribution in [2.24, 2.45) is 11.8 Å². The number of nitrogens with one attached hydrogen (secondary N) is 1. The third kappa shape index (κ3) is 3.55. The highest BCUT2D eigenvalue weighted by molar-refractivity contribution is 7.98. The second kappa shape index (κ2) is 7.35. The number of hydrogen-bond donors (Lipinski definition) is 1. The first-order chi connectivity index (χ1) is 9.30. The Morgan fingerprint density at radius 2 is 1.89 bits per heavy atom. The molecule has 1 N–H and O–H groups in total. The van der Waals surface area contributed by atoms with Crippen LogP contribution in [0.4, 0.5) is 0 Å². The highest BCUT2D eigenvalue weighted by Crippen LogP contribution is 2.39. The molecule has 0 amide bonds. The number of rotatable bonds is 5. The summed E-state index contributed by atoms with van der Waals surface area (Å²) in [6, 6.07) is 9.41. The first kappa shape index (κ1) is 14.9. The van der Waals surface area contributed by atoms with Crippen LogP contribution in [0.25, 0.3) is 0 Å². The molecule has 2 rings (SSSR count). The quantitative estimate of drug-likeness (QED) is 0.769. The Morgan fingerprint density at radius 3 is 2.47 bits per heavy atom. The third-order valence-electron chi connectivity index (χ3n) is 4.73. The Balaban J connectivity index is 2.12. The maximum Gasteiger partial charge on any atom is 0.0357 e. The molecule has 1 unspecified atom stereocenters. The average molecular weight is 277 g/mol. The lowest BCUT2D eigenvalue weighted by Gasteiger charge is -2.34. The molecule has 1 fully saturated rings. The van der Waals surface area contributed by atoms with Gasteiger partial charge in [0.25, 0.3) is 0 Å². The van der Waals surface area contributed by atoms with Crippen molar-refractivity contribution >= 4 is 11.8 Å². The second-order valence-corrected chi connectivity index (χ2v) is 6.55. The maximum absolute atomic E-state index is 3.58. The van der Waals surface area contributed by atoms with Crippen molar-refractivity contribution in [1.29, 1.82) is 0 Å². The molecule has 1 saturated carbocycles. The third-order valence-corrected chi connectivity index (χ3v) is 5.54. The van der Waals surface area contributed by atoms with Gasteiger partial charge >= 0.3 is 0 Å². The molecule has 1 aromatic rings. The van der Waals surface area contributed by atoms with E-state index in [1.54, 1.807) is 0 Å². The fraction of sp³-hybridized carbons (Fsp3) is 0.647. The van der Waals surface area contributed by atoms with E-state index in [4.69, 9.17) is 0 Å². The van der Waals surface area contributed by atoms with E-state index in [0.717, 1.165) is 11.8 Å². The number of hydrogen-bond acceptors (Lipinski definition) is 2. The molecule has 1 aromatic carbocycles. The Bertz CT molecular complexity index is 383. The van der Waals surface area contributed by atoms with Crippen molar-refractivity contribution < 1.29 is 0 Å². The van der Waals surface area contributed by atoms with E-state index in [0.29, 0.717) is 6.04 Å². The highest BCUT2D eigenvalue weighted by atomic mass is 32.2. The van der Waals surface area contributed by atoms with E-state index in [9.17, 15) is 0 Å². The molecular formula is C17H27NS. The summed E-state index contributed by atoms with van der Waals surface area (Å²) in [5, 5.41) is 3.58. The van der Waals surface area contributed by atoms with E-state index in [-0.39, 0.29) is 0 Å². The zero-order valence-electron chi connectivity index (χ0n) is 12.5. The van der Waals surface area contributed by atoms with E-state index < -0.39 is 0 Å². The van der Waals surface area contributed by atoms with Crippen molar-refractivity contribution in [1.82, 2.24) is 5.32 Å². The molecule has 0 saturated heterocycles. The van der Waals surface area contributed by atoms with Crippen LogP contribution in [0.1, 0.15) is 50.6 Å². The lowest BCUT2D eigenvalue weighted by Crippen LogP contribution is -2.29. The topological polar surface area (TPSA) is 12.0 Å². The molecule has 1 atom stereocenters. The minimum Gasteiger partial charge on any atom is -0.313 e. The predicted octanol–water partition coefficient (Wildman–Crippen LogP) is 4.89. The summed E-state index contributed by atoms with van der Waals surface area (Å²) in [4.78, 5) is 1.43. The van der Waals surface area contributed by atoms with E-state index in [2.05, 4.69) is 49.8 Å². The SMILES string of the molecule is CCC1CCC(C(NC)c2ccccc2SC)CC1. The minimum atomic E-state index is 0.529. The van der Waals surface area contributed by atoms with Crippen LogP contribution in [0.3, 0.4) is 0 Å². The van der Waals surface area contributed by atoms with Gasteiger partial charge in [0.05, 0.1) is 0 Å². The molecule has 1 aliphatic carbocycles. The molecule has 1 nitrogen and oxygen atoms in total. The Hall–Kier alpha value is -0.470. The summed E-state index contributed by atoms with van der Waals surface area (Å²) in [5.41, 5.74) is 1.50. The summed E-state index contributed by atoms with van der Waals surface area (Å²) >= 11 is 1.87. The van der Waals surface area contributed by atoms with Gasteiger partial charge in [0.2, 0.25) is 0 Å². The fourth-order valence-electron chi connectivity index (χ4n) is 3.50. The van der Waals surface area contributed by atoms with Crippen LogP contribution in [0.2, 0.25) is 0 Å². The van der Waals surface area contributed by atoms with Crippen LogP contribution in [-0.2, 0) is 0 Å². The van der Waals surface area contributed by atoms with E-state index >= 15 is 0 Å².